The summed E-state index contributed by atoms with van der Waals surface area (Å²) in [6, 6.07) is 7.72. The molecular weight excluding hydrogens is 358 g/mol. The maximum atomic E-state index is 12.6. The molecule has 150 valence electrons. The van der Waals surface area contributed by atoms with Crippen LogP contribution < -0.4 is 10.4 Å². The number of hydrogen-bond acceptors (Lipinski definition) is 5. The van der Waals surface area contributed by atoms with Crippen LogP contribution in [0.5, 0.6) is 5.75 Å². The number of benzene rings is 1. The number of hydrogen-bond donors (Lipinski definition) is 0. The fraction of sp³-hybridized carbons (Fsp3) is 0.545. The van der Waals surface area contributed by atoms with Gasteiger partial charge in [-0.3, -0.25) is 0 Å². The van der Waals surface area contributed by atoms with Gasteiger partial charge < -0.3 is 18.8 Å². The second-order valence-corrected chi connectivity index (χ2v) is 8.90. The lowest BCUT2D eigenvalue weighted by Crippen LogP contribution is -2.50. The Bertz CT molecular complexity index is 944. The first kappa shape index (κ1) is 18.8. The van der Waals surface area contributed by atoms with E-state index in [1.165, 1.54) is 0 Å². The summed E-state index contributed by atoms with van der Waals surface area (Å²) in [6.45, 7) is 7.41. The summed E-state index contributed by atoms with van der Waals surface area (Å²) in [5.74, 6) is 0.689. The standard InChI is InChI=1S/C22H27NO5/c1-13-9-14-5-8-17(12-19(14)27-20(13)24)26-18-10-15-6-7-16(11-18)23(15)21(25)28-22(2,3)4/h5,8-9,12,15-16,18H,6-7,10-11H2,1-4H3/t15-,16+,18?. The smallest absolute Gasteiger partial charge is 0.410 e. The molecule has 2 bridgehead atoms. The van der Waals surface area contributed by atoms with E-state index < -0.39 is 5.60 Å². The quantitative estimate of drug-likeness (QED) is 0.716. The van der Waals surface area contributed by atoms with Crippen LogP contribution in [0.4, 0.5) is 4.79 Å². The van der Waals surface area contributed by atoms with Crippen molar-refractivity contribution in [3.63, 3.8) is 0 Å². The SMILES string of the molecule is Cc1cc2ccc(OC3C[C@H]4CC[C@@H](C3)N4C(=O)OC(C)(C)C)cc2oc1=O. The first-order valence-corrected chi connectivity index (χ1v) is 9.92. The highest BCUT2D eigenvalue weighted by atomic mass is 16.6. The van der Waals surface area contributed by atoms with Gasteiger partial charge in [0.25, 0.3) is 0 Å². The van der Waals surface area contributed by atoms with Crippen LogP contribution in [0.3, 0.4) is 0 Å². The predicted octanol–water partition coefficient (Wildman–Crippen LogP) is 4.41. The van der Waals surface area contributed by atoms with Gasteiger partial charge in [-0.2, -0.15) is 0 Å². The zero-order valence-electron chi connectivity index (χ0n) is 16.9. The van der Waals surface area contributed by atoms with Gasteiger partial charge >= 0.3 is 11.7 Å². The van der Waals surface area contributed by atoms with Crippen molar-refractivity contribution >= 4 is 17.1 Å². The van der Waals surface area contributed by atoms with Gasteiger partial charge in [-0.05, 0) is 58.7 Å². The van der Waals surface area contributed by atoms with Gasteiger partial charge in [0.2, 0.25) is 0 Å². The van der Waals surface area contributed by atoms with Crippen molar-refractivity contribution in [2.24, 2.45) is 0 Å². The molecular formula is C22H27NO5. The molecule has 2 fully saturated rings. The third-order valence-electron chi connectivity index (χ3n) is 5.48. The highest BCUT2D eigenvalue weighted by Gasteiger charge is 2.45. The minimum Gasteiger partial charge on any atom is -0.490 e. The van der Waals surface area contributed by atoms with Gasteiger partial charge in [0.1, 0.15) is 23.0 Å². The van der Waals surface area contributed by atoms with Crippen LogP contribution in [0.2, 0.25) is 0 Å². The number of amides is 1. The number of piperidine rings is 1. The van der Waals surface area contributed by atoms with Crippen LogP contribution in [0, 0.1) is 6.92 Å². The zero-order valence-corrected chi connectivity index (χ0v) is 16.9. The minimum atomic E-state index is -0.489. The lowest BCUT2D eigenvalue weighted by atomic mass is 10.00. The second-order valence-electron chi connectivity index (χ2n) is 8.90. The van der Waals surface area contributed by atoms with E-state index in [4.69, 9.17) is 13.9 Å². The summed E-state index contributed by atoms with van der Waals surface area (Å²) in [5.41, 5.74) is 0.305. The maximum Gasteiger partial charge on any atom is 0.410 e. The molecule has 0 saturated carbocycles. The Morgan fingerprint density at radius 2 is 1.82 bits per heavy atom. The fourth-order valence-corrected chi connectivity index (χ4v) is 4.30. The van der Waals surface area contributed by atoms with Crippen LogP contribution in [0.15, 0.2) is 33.5 Å². The Hall–Kier alpha value is -2.50. The Morgan fingerprint density at radius 3 is 2.46 bits per heavy atom. The van der Waals surface area contributed by atoms with Crippen LogP contribution in [-0.4, -0.2) is 34.8 Å². The molecule has 2 saturated heterocycles. The zero-order chi connectivity index (χ0) is 20.1. The van der Waals surface area contributed by atoms with E-state index in [1.54, 1.807) is 13.0 Å². The molecule has 0 spiro atoms. The molecule has 2 aliphatic rings. The van der Waals surface area contributed by atoms with Gasteiger partial charge in [-0.15, -0.1) is 0 Å². The molecule has 1 aromatic carbocycles. The van der Waals surface area contributed by atoms with Gasteiger partial charge in [-0.1, -0.05) is 0 Å². The molecule has 1 unspecified atom stereocenters. The number of rotatable bonds is 2. The van der Waals surface area contributed by atoms with Crippen LogP contribution in [0.25, 0.3) is 11.0 Å². The first-order valence-electron chi connectivity index (χ1n) is 9.92. The third kappa shape index (κ3) is 3.73. The van der Waals surface area contributed by atoms with E-state index in [0.717, 1.165) is 31.1 Å². The third-order valence-corrected chi connectivity index (χ3v) is 5.48. The monoisotopic (exact) mass is 385 g/mol. The van der Waals surface area contributed by atoms with E-state index in [-0.39, 0.29) is 29.9 Å². The van der Waals surface area contributed by atoms with Gasteiger partial charge in [0.05, 0.1) is 0 Å². The topological polar surface area (TPSA) is 69.0 Å². The van der Waals surface area contributed by atoms with E-state index >= 15 is 0 Å². The van der Waals surface area contributed by atoms with Crippen molar-refractivity contribution in [3.05, 3.63) is 40.2 Å². The van der Waals surface area contributed by atoms with Crippen LogP contribution in [-0.2, 0) is 4.74 Å². The molecule has 0 radical (unpaired) electrons. The summed E-state index contributed by atoms with van der Waals surface area (Å²) in [7, 11) is 0. The number of ether oxygens (including phenoxy) is 2. The van der Waals surface area contributed by atoms with E-state index in [0.29, 0.717) is 16.9 Å². The average Bonchev–Trinajstić information content (AvgIpc) is 2.86. The number of aryl methyl sites for hydroxylation is 1. The van der Waals surface area contributed by atoms with Gasteiger partial charge in [-0.25, -0.2) is 9.59 Å². The van der Waals surface area contributed by atoms with Crippen molar-refractivity contribution in [3.8, 4) is 5.75 Å². The fourth-order valence-electron chi connectivity index (χ4n) is 4.30. The molecule has 1 aromatic heterocycles. The first-order chi connectivity index (χ1) is 13.2. The normalized spacial score (nSPS) is 24.4. The average molecular weight is 385 g/mol. The van der Waals surface area contributed by atoms with Gasteiger partial charge in [0.15, 0.2) is 0 Å². The summed E-state index contributed by atoms with van der Waals surface area (Å²) in [4.78, 5) is 26.2. The highest BCUT2D eigenvalue weighted by molar-refractivity contribution is 5.78. The number of carbonyl (C=O) groups is 1. The molecule has 4 rings (SSSR count). The summed E-state index contributed by atoms with van der Waals surface area (Å²) in [5, 5.41) is 0.879. The minimum absolute atomic E-state index is 0.0332. The van der Waals surface area contributed by atoms with Crippen molar-refractivity contribution < 1.29 is 18.7 Å². The van der Waals surface area contributed by atoms with Crippen LogP contribution >= 0.6 is 0 Å². The second kappa shape index (κ2) is 6.83. The largest absolute Gasteiger partial charge is 0.490 e. The summed E-state index contributed by atoms with van der Waals surface area (Å²) < 4.78 is 17.2. The van der Waals surface area contributed by atoms with Gasteiger partial charge in [0, 0.05) is 41.9 Å². The van der Waals surface area contributed by atoms with Crippen molar-refractivity contribution in [2.45, 2.75) is 77.2 Å². The summed E-state index contributed by atoms with van der Waals surface area (Å²) in [6.07, 6.45) is 3.34. The molecule has 6 heteroatoms. The molecule has 3 atom stereocenters. The Balaban J connectivity index is 1.47. The molecule has 6 nitrogen and oxygen atoms in total. The molecule has 2 aromatic rings. The van der Waals surface area contributed by atoms with Crippen LogP contribution in [0.1, 0.15) is 52.0 Å². The van der Waals surface area contributed by atoms with E-state index in [9.17, 15) is 9.59 Å². The molecule has 0 aliphatic carbocycles. The highest BCUT2D eigenvalue weighted by Crippen LogP contribution is 2.38. The number of nitrogens with zero attached hydrogens (tertiary/aromatic N) is 1. The van der Waals surface area contributed by atoms with Crippen molar-refractivity contribution in [2.75, 3.05) is 0 Å². The number of fused-ring (bicyclic) bond motifs is 3. The number of carbonyl (C=O) groups excluding carboxylic acids is 1. The lowest BCUT2D eigenvalue weighted by molar-refractivity contribution is -0.00706. The molecule has 1 amide bonds. The Morgan fingerprint density at radius 1 is 1.14 bits per heavy atom. The maximum absolute atomic E-state index is 12.6. The predicted molar refractivity (Wildman–Crippen MR) is 106 cm³/mol. The molecule has 3 heterocycles. The molecule has 2 aliphatic heterocycles. The van der Waals surface area contributed by atoms with E-state index in [2.05, 4.69) is 0 Å². The summed E-state index contributed by atoms with van der Waals surface area (Å²) >= 11 is 0. The van der Waals surface area contributed by atoms with Crippen molar-refractivity contribution in [1.82, 2.24) is 4.90 Å². The Labute approximate surface area is 164 Å². The molecule has 28 heavy (non-hydrogen) atoms. The van der Waals surface area contributed by atoms with Crippen molar-refractivity contribution in [1.29, 1.82) is 0 Å². The molecule has 0 N–H and O–H groups in total. The van der Waals surface area contributed by atoms with E-state index in [1.807, 2.05) is 43.9 Å². The lowest BCUT2D eigenvalue weighted by Gasteiger charge is -2.39. The Kier molecular flexibility index (Phi) is 4.60.